The van der Waals surface area contributed by atoms with Crippen LogP contribution < -0.4 is 5.32 Å². The number of nitrogens with one attached hydrogen (secondary N) is 1. The SMILES string of the molecule is c1ccc([C@H]2Nc3ccccc3-n3cccc32)nc1. The van der Waals surface area contributed by atoms with E-state index >= 15 is 0 Å². The summed E-state index contributed by atoms with van der Waals surface area (Å²) < 4.78 is 2.23. The van der Waals surface area contributed by atoms with Gasteiger partial charge in [-0.25, -0.2) is 0 Å². The van der Waals surface area contributed by atoms with Crippen molar-refractivity contribution in [2.75, 3.05) is 5.32 Å². The molecule has 3 heterocycles. The van der Waals surface area contributed by atoms with E-state index in [1.54, 1.807) is 0 Å². The molecule has 0 amide bonds. The molecule has 1 aliphatic rings. The van der Waals surface area contributed by atoms with Crippen LogP contribution in [-0.2, 0) is 0 Å². The molecule has 1 aromatic carbocycles. The zero-order chi connectivity index (χ0) is 12.7. The fourth-order valence-corrected chi connectivity index (χ4v) is 2.66. The molecule has 2 aromatic heterocycles. The summed E-state index contributed by atoms with van der Waals surface area (Å²) in [5.74, 6) is 0. The Balaban J connectivity index is 1.91. The summed E-state index contributed by atoms with van der Waals surface area (Å²) in [7, 11) is 0. The Morgan fingerprint density at radius 1 is 0.947 bits per heavy atom. The van der Waals surface area contributed by atoms with Crippen LogP contribution >= 0.6 is 0 Å². The van der Waals surface area contributed by atoms with Crippen molar-refractivity contribution in [3.05, 3.63) is 78.4 Å². The zero-order valence-electron chi connectivity index (χ0n) is 10.3. The van der Waals surface area contributed by atoms with Crippen molar-refractivity contribution in [2.45, 2.75) is 6.04 Å². The Labute approximate surface area is 111 Å². The van der Waals surface area contributed by atoms with Gasteiger partial charge in [-0.15, -0.1) is 0 Å². The minimum atomic E-state index is 0.103. The minimum Gasteiger partial charge on any atom is -0.370 e. The first-order chi connectivity index (χ1) is 9.43. The quantitative estimate of drug-likeness (QED) is 0.714. The van der Waals surface area contributed by atoms with Crippen LogP contribution in [0, 0.1) is 0 Å². The second kappa shape index (κ2) is 3.99. The highest BCUT2D eigenvalue weighted by atomic mass is 15.1. The lowest BCUT2D eigenvalue weighted by Crippen LogP contribution is -2.22. The van der Waals surface area contributed by atoms with Crippen LogP contribution in [0.2, 0.25) is 0 Å². The lowest BCUT2D eigenvalue weighted by Gasteiger charge is -2.28. The van der Waals surface area contributed by atoms with Gasteiger partial charge in [-0.3, -0.25) is 4.98 Å². The Morgan fingerprint density at radius 3 is 2.74 bits per heavy atom. The lowest BCUT2D eigenvalue weighted by molar-refractivity contribution is 0.785. The number of fused-ring (bicyclic) bond motifs is 3. The summed E-state index contributed by atoms with van der Waals surface area (Å²) in [6.45, 7) is 0. The molecular formula is C16H13N3. The topological polar surface area (TPSA) is 29.9 Å². The molecule has 92 valence electrons. The third kappa shape index (κ3) is 1.55. The van der Waals surface area contributed by atoms with E-state index in [0.717, 1.165) is 11.4 Å². The van der Waals surface area contributed by atoms with Gasteiger partial charge in [-0.2, -0.15) is 0 Å². The van der Waals surface area contributed by atoms with Gasteiger partial charge in [0, 0.05) is 12.4 Å². The van der Waals surface area contributed by atoms with Crippen molar-refractivity contribution in [1.29, 1.82) is 0 Å². The smallest absolute Gasteiger partial charge is 0.110 e. The first-order valence-electron chi connectivity index (χ1n) is 6.37. The number of hydrogen-bond acceptors (Lipinski definition) is 2. The second-order valence-electron chi connectivity index (χ2n) is 4.65. The second-order valence-corrected chi connectivity index (χ2v) is 4.65. The predicted octanol–water partition coefficient (Wildman–Crippen LogP) is 3.39. The van der Waals surface area contributed by atoms with E-state index in [4.69, 9.17) is 0 Å². The van der Waals surface area contributed by atoms with Gasteiger partial charge in [0.2, 0.25) is 0 Å². The first kappa shape index (κ1) is 10.4. The van der Waals surface area contributed by atoms with Crippen LogP contribution in [0.15, 0.2) is 67.0 Å². The van der Waals surface area contributed by atoms with Gasteiger partial charge in [-0.1, -0.05) is 18.2 Å². The molecule has 3 heteroatoms. The minimum absolute atomic E-state index is 0.103. The fourth-order valence-electron chi connectivity index (χ4n) is 2.66. The Kier molecular flexibility index (Phi) is 2.18. The summed E-state index contributed by atoms with van der Waals surface area (Å²) in [6, 6.07) is 18.7. The third-order valence-electron chi connectivity index (χ3n) is 3.52. The van der Waals surface area contributed by atoms with Crippen LogP contribution in [0.25, 0.3) is 5.69 Å². The van der Waals surface area contributed by atoms with Crippen LogP contribution in [0.4, 0.5) is 5.69 Å². The molecule has 0 fully saturated rings. The van der Waals surface area contributed by atoms with Crippen molar-refractivity contribution in [3.8, 4) is 5.69 Å². The molecule has 0 unspecified atom stereocenters. The van der Waals surface area contributed by atoms with E-state index in [9.17, 15) is 0 Å². The van der Waals surface area contributed by atoms with Gasteiger partial charge in [0.15, 0.2) is 0 Å². The largest absolute Gasteiger partial charge is 0.370 e. The third-order valence-corrected chi connectivity index (χ3v) is 3.52. The van der Waals surface area contributed by atoms with E-state index in [2.05, 4.69) is 63.5 Å². The van der Waals surface area contributed by atoms with E-state index in [0.29, 0.717) is 0 Å². The molecule has 3 aromatic rings. The predicted molar refractivity (Wildman–Crippen MR) is 75.5 cm³/mol. The molecule has 19 heavy (non-hydrogen) atoms. The molecule has 1 atom stereocenters. The molecule has 1 aliphatic heterocycles. The maximum absolute atomic E-state index is 4.48. The van der Waals surface area contributed by atoms with E-state index in [1.165, 1.54) is 11.4 Å². The van der Waals surface area contributed by atoms with Gasteiger partial charge in [-0.05, 0) is 36.4 Å². The monoisotopic (exact) mass is 247 g/mol. The first-order valence-corrected chi connectivity index (χ1v) is 6.37. The molecule has 1 N–H and O–H groups in total. The summed E-state index contributed by atoms with van der Waals surface area (Å²) >= 11 is 0. The zero-order valence-corrected chi connectivity index (χ0v) is 10.3. The van der Waals surface area contributed by atoms with Crippen molar-refractivity contribution < 1.29 is 0 Å². The number of hydrogen-bond donors (Lipinski definition) is 1. The number of aromatic nitrogens is 2. The molecule has 0 radical (unpaired) electrons. The van der Waals surface area contributed by atoms with Gasteiger partial charge in [0.1, 0.15) is 6.04 Å². The van der Waals surface area contributed by atoms with Gasteiger partial charge in [0.25, 0.3) is 0 Å². The van der Waals surface area contributed by atoms with E-state index in [-0.39, 0.29) is 6.04 Å². The number of nitrogens with zero attached hydrogens (tertiary/aromatic N) is 2. The number of rotatable bonds is 1. The maximum Gasteiger partial charge on any atom is 0.110 e. The average molecular weight is 247 g/mol. The molecular weight excluding hydrogens is 234 g/mol. The Morgan fingerprint density at radius 2 is 1.84 bits per heavy atom. The van der Waals surface area contributed by atoms with Crippen molar-refractivity contribution in [3.63, 3.8) is 0 Å². The average Bonchev–Trinajstić information content (AvgIpc) is 2.97. The molecule has 3 nitrogen and oxygen atoms in total. The van der Waals surface area contributed by atoms with E-state index < -0.39 is 0 Å². The van der Waals surface area contributed by atoms with Gasteiger partial charge >= 0.3 is 0 Å². The number of pyridine rings is 1. The molecule has 0 spiro atoms. The summed E-state index contributed by atoms with van der Waals surface area (Å²) in [6.07, 6.45) is 3.94. The van der Waals surface area contributed by atoms with Crippen LogP contribution in [-0.4, -0.2) is 9.55 Å². The number of benzene rings is 1. The molecule has 0 saturated carbocycles. The Hall–Kier alpha value is -2.55. The highest BCUT2D eigenvalue weighted by Crippen LogP contribution is 2.35. The lowest BCUT2D eigenvalue weighted by atomic mass is 10.1. The maximum atomic E-state index is 4.48. The van der Waals surface area contributed by atoms with Crippen LogP contribution in [0.3, 0.4) is 0 Å². The van der Waals surface area contributed by atoms with Crippen LogP contribution in [0.5, 0.6) is 0 Å². The van der Waals surface area contributed by atoms with E-state index in [1.807, 2.05) is 18.3 Å². The fraction of sp³-hybridized carbons (Fsp3) is 0.0625. The molecule has 0 saturated heterocycles. The molecule has 0 bridgehead atoms. The highest BCUT2D eigenvalue weighted by molar-refractivity contribution is 5.66. The van der Waals surface area contributed by atoms with Crippen molar-refractivity contribution in [1.82, 2.24) is 9.55 Å². The summed E-state index contributed by atoms with van der Waals surface area (Å²) in [4.78, 5) is 4.48. The molecule has 0 aliphatic carbocycles. The van der Waals surface area contributed by atoms with Crippen molar-refractivity contribution >= 4 is 5.69 Å². The number of para-hydroxylation sites is 2. The highest BCUT2D eigenvalue weighted by Gasteiger charge is 2.25. The van der Waals surface area contributed by atoms with Crippen LogP contribution in [0.1, 0.15) is 17.4 Å². The standard InChI is InChI=1S/C16H13N3/c1-2-8-14-12(6-1)18-16(13-7-3-4-10-17-13)15-9-5-11-19(14)15/h1-11,16,18H/t16-/m1/s1. The van der Waals surface area contributed by atoms with Crippen molar-refractivity contribution in [2.24, 2.45) is 0 Å². The number of anilines is 1. The summed E-state index contributed by atoms with van der Waals surface area (Å²) in [5, 5.41) is 3.57. The van der Waals surface area contributed by atoms with Gasteiger partial charge < -0.3 is 9.88 Å². The van der Waals surface area contributed by atoms with Gasteiger partial charge in [0.05, 0.1) is 22.8 Å². The Bertz CT molecular complexity index is 716. The summed E-state index contributed by atoms with van der Waals surface area (Å²) in [5.41, 5.74) is 4.59. The molecule has 4 rings (SSSR count). The normalized spacial score (nSPS) is 16.3.